The fourth-order valence-corrected chi connectivity index (χ4v) is 3.46. The highest BCUT2D eigenvalue weighted by Crippen LogP contribution is 2.35. The summed E-state index contributed by atoms with van der Waals surface area (Å²) in [5, 5.41) is 34.4. The molecule has 4 N–H and O–H groups in total. The van der Waals surface area contributed by atoms with Gasteiger partial charge in [-0.2, -0.15) is 18.4 Å². The fraction of sp³-hybridized carbons (Fsp3) is 0.222. The molecule has 0 fully saturated rings. The van der Waals surface area contributed by atoms with Crippen LogP contribution in [0.4, 0.5) is 24.7 Å². The molecule has 13 heteroatoms. The number of nitriles is 1. The molecule has 0 amide bonds. The third-order valence-corrected chi connectivity index (χ3v) is 5.12. The Bertz CT molecular complexity index is 1110. The van der Waals surface area contributed by atoms with Gasteiger partial charge in [-0.15, -0.1) is 0 Å². The molecule has 0 atom stereocenters. The van der Waals surface area contributed by atoms with E-state index in [1.165, 1.54) is 12.4 Å². The van der Waals surface area contributed by atoms with Crippen molar-refractivity contribution in [3.63, 3.8) is 0 Å². The zero-order valence-electron chi connectivity index (χ0n) is 15.6. The van der Waals surface area contributed by atoms with Crippen LogP contribution in [0.5, 0.6) is 0 Å². The molecular formula is C18H14F3N7O2S. The average Bonchev–Trinajstić information content (AvgIpc) is 2.72. The Labute approximate surface area is 177 Å². The SMILES string of the molecule is N#Cc1ccc(N2CCc3c(ncnc3NC(=N)SC(=N)C(=O)O)C2)cc1C(F)(F)F. The van der Waals surface area contributed by atoms with Crippen LogP contribution in [0.15, 0.2) is 24.5 Å². The second-order valence-corrected chi connectivity index (χ2v) is 7.37. The lowest BCUT2D eigenvalue weighted by atomic mass is 10.0. The van der Waals surface area contributed by atoms with Crippen LogP contribution >= 0.6 is 11.8 Å². The lowest BCUT2D eigenvalue weighted by molar-refractivity contribution is -0.137. The number of aliphatic carboxylic acids is 1. The lowest BCUT2D eigenvalue weighted by Gasteiger charge is -2.31. The number of nitrogens with zero attached hydrogens (tertiary/aromatic N) is 4. The summed E-state index contributed by atoms with van der Waals surface area (Å²) in [5.41, 5.74) is 0.0202. The normalized spacial score (nSPS) is 13.2. The summed E-state index contributed by atoms with van der Waals surface area (Å²) in [6.45, 7) is 0.519. The van der Waals surface area contributed by atoms with Crippen LogP contribution in [0.25, 0.3) is 0 Å². The van der Waals surface area contributed by atoms with E-state index in [-0.39, 0.29) is 17.5 Å². The number of rotatable bonds is 2. The minimum absolute atomic E-state index is 0.182. The summed E-state index contributed by atoms with van der Waals surface area (Å²) in [4.78, 5) is 20.6. The minimum atomic E-state index is -4.66. The van der Waals surface area contributed by atoms with Gasteiger partial charge in [-0.05, 0) is 36.4 Å². The van der Waals surface area contributed by atoms with E-state index in [9.17, 15) is 18.0 Å². The molecule has 31 heavy (non-hydrogen) atoms. The van der Waals surface area contributed by atoms with Gasteiger partial charge >= 0.3 is 12.1 Å². The van der Waals surface area contributed by atoms with Gasteiger partial charge in [0.25, 0.3) is 0 Å². The van der Waals surface area contributed by atoms with Crippen molar-refractivity contribution >= 4 is 39.4 Å². The van der Waals surface area contributed by atoms with Gasteiger partial charge in [0, 0.05) is 17.8 Å². The first-order valence-corrected chi connectivity index (χ1v) is 9.46. The van der Waals surface area contributed by atoms with Crippen LogP contribution in [0.1, 0.15) is 22.4 Å². The molecule has 3 rings (SSSR count). The van der Waals surface area contributed by atoms with E-state index in [1.807, 2.05) is 0 Å². The van der Waals surface area contributed by atoms with E-state index in [2.05, 4.69) is 15.3 Å². The standard InChI is InChI=1S/C18H14F3N7O2S/c19-18(20,21)12-5-10(2-1-9(12)6-22)28-4-3-11-13(7-28)25-8-26-15(11)27-17(24)31-14(23)16(29)30/h1-2,5,8,23H,3-4,7H2,(H,29,30)(H2,24,25,26,27). The maximum Gasteiger partial charge on any atom is 0.417 e. The highest BCUT2D eigenvalue weighted by molar-refractivity contribution is 8.28. The molecule has 0 spiro atoms. The number of benzene rings is 1. The van der Waals surface area contributed by atoms with Gasteiger partial charge in [0.2, 0.25) is 0 Å². The number of alkyl halides is 3. The smallest absolute Gasteiger partial charge is 0.417 e. The number of hydrogen-bond donors (Lipinski definition) is 4. The van der Waals surface area contributed by atoms with E-state index < -0.39 is 28.3 Å². The van der Waals surface area contributed by atoms with Gasteiger partial charge in [0.15, 0.2) is 10.2 Å². The van der Waals surface area contributed by atoms with Crippen LogP contribution in [-0.2, 0) is 23.9 Å². The molecule has 0 saturated carbocycles. The van der Waals surface area contributed by atoms with Crippen molar-refractivity contribution in [1.29, 1.82) is 16.1 Å². The molecule has 0 saturated heterocycles. The maximum absolute atomic E-state index is 13.3. The molecule has 0 unspecified atom stereocenters. The summed E-state index contributed by atoms with van der Waals surface area (Å²) in [6.07, 6.45) is -3.07. The molecule has 1 aliphatic heterocycles. The van der Waals surface area contributed by atoms with Crippen molar-refractivity contribution in [2.45, 2.75) is 19.1 Å². The van der Waals surface area contributed by atoms with Gasteiger partial charge < -0.3 is 15.3 Å². The average molecular weight is 449 g/mol. The van der Waals surface area contributed by atoms with Gasteiger partial charge in [-0.3, -0.25) is 10.8 Å². The first kappa shape index (κ1) is 22.0. The Morgan fingerprint density at radius 3 is 2.71 bits per heavy atom. The van der Waals surface area contributed by atoms with E-state index in [4.69, 9.17) is 21.2 Å². The number of carboxylic acid groups (broad SMARTS) is 1. The van der Waals surface area contributed by atoms with Gasteiger partial charge in [0.05, 0.1) is 29.4 Å². The molecule has 0 aliphatic carbocycles. The number of fused-ring (bicyclic) bond motifs is 1. The summed E-state index contributed by atoms with van der Waals surface area (Å²) >= 11 is 0.410. The van der Waals surface area contributed by atoms with Crippen LogP contribution in [0.2, 0.25) is 0 Å². The minimum Gasteiger partial charge on any atom is -0.476 e. The molecule has 2 heterocycles. The van der Waals surface area contributed by atoms with Crippen LogP contribution in [0.3, 0.4) is 0 Å². The first-order chi connectivity index (χ1) is 14.6. The van der Waals surface area contributed by atoms with E-state index in [0.29, 0.717) is 41.7 Å². The Morgan fingerprint density at radius 1 is 1.32 bits per heavy atom. The Kier molecular flexibility index (Phi) is 6.11. The summed E-state index contributed by atoms with van der Waals surface area (Å²) < 4.78 is 39.8. The Hall–Kier alpha value is -3.66. The number of carboxylic acids is 1. The number of hydrogen-bond acceptors (Lipinski definition) is 8. The quantitative estimate of drug-likeness (QED) is 0.404. The highest BCUT2D eigenvalue weighted by atomic mass is 32.2. The van der Waals surface area contributed by atoms with Crippen LogP contribution in [-0.4, -0.2) is 37.8 Å². The highest BCUT2D eigenvalue weighted by Gasteiger charge is 2.34. The number of anilines is 2. The van der Waals surface area contributed by atoms with Crippen molar-refractivity contribution in [2.24, 2.45) is 0 Å². The molecule has 1 aliphatic rings. The van der Waals surface area contributed by atoms with Crippen LogP contribution < -0.4 is 10.2 Å². The predicted molar refractivity (Wildman–Crippen MR) is 107 cm³/mol. The van der Waals surface area contributed by atoms with Crippen molar-refractivity contribution < 1.29 is 23.1 Å². The molecular weight excluding hydrogens is 435 g/mol. The summed E-state index contributed by atoms with van der Waals surface area (Å²) in [7, 11) is 0. The fourth-order valence-electron chi connectivity index (χ4n) is 3.02. The molecule has 1 aromatic carbocycles. The Balaban J connectivity index is 1.82. The third-order valence-electron chi connectivity index (χ3n) is 4.43. The van der Waals surface area contributed by atoms with Crippen LogP contribution in [0, 0.1) is 22.1 Å². The Morgan fingerprint density at radius 2 is 2.06 bits per heavy atom. The zero-order valence-corrected chi connectivity index (χ0v) is 16.4. The molecule has 1 aromatic heterocycles. The monoisotopic (exact) mass is 449 g/mol. The largest absolute Gasteiger partial charge is 0.476 e. The maximum atomic E-state index is 13.3. The van der Waals surface area contributed by atoms with Gasteiger partial charge in [-0.1, -0.05) is 0 Å². The lowest BCUT2D eigenvalue weighted by Crippen LogP contribution is -2.32. The van der Waals surface area contributed by atoms with Gasteiger partial charge in [0.1, 0.15) is 12.1 Å². The number of thioether (sulfide) groups is 1. The number of halogens is 3. The van der Waals surface area contributed by atoms with Gasteiger partial charge in [-0.25, -0.2) is 14.8 Å². The molecule has 160 valence electrons. The number of aromatic nitrogens is 2. The van der Waals surface area contributed by atoms with Crippen molar-refractivity contribution in [2.75, 3.05) is 16.8 Å². The van der Waals surface area contributed by atoms with E-state index >= 15 is 0 Å². The van der Waals surface area contributed by atoms with Crippen molar-refractivity contribution in [3.8, 4) is 6.07 Å². The second-order valence-electron chi connectivity index (χ2n) is 6.35. The second kappa shape index (κ2) is 8.60. The topological polar surface area (TPSA) is 150 Å². The van der Waals surface area contributed by atoms with E-state index in [1.54, 1.807) is 11.0 Å². The number of carbonyl (C=O) groups is 1. The molecule has 0 radical (unpaired) electrons. The molecule has 0 bridgehead atoms. The first-order valence-electron chi connectivity index (χ1n) is 8.64. The van der Waals surface area contributed by atoms with Crippen molar-refractivity contribution in [3.05, 3.63) is 46.9 Å². The van der Waals surface area contributed by atoms with Crippen molar-refractivity contribution in [1.82, 2.24) is 9.97 Å². The summed E-state index contributed by atoms with van der Waals surface area (Å²) in [6, 6.07) is 5.07. The number of amidine groups is 1. The molecule has 2 aromatic rings. The summed E-state index contributed by atoms with van der Waals surface area (Å²) in [5.74, 6) is -1.19. The number of nitrogens with one attached hydrogen (secondary N) is 3. The third kappa shape index (κ3) is 4.92. The van der Waals surface area contributed by atoms with E-state index in [0.717, 1.165) is 12.1 Å². The molecule has 9 nitrogen and oxygen atoms in total. The predicted octanol–water partition coefficient (Wildman–Crippen LogP) is 3.07. The zero-order chi connectivity index (χ0) is 22.8.